The summed E-state index contributed by atoms with van der Waals surface area (Å²) in [5.41, 5.74) is 0.452. The zero-order valence-corrected chi connectivity index (χ0v) is 10.3. The minimum Gasteiger partial charge on any atom is -0.298 e. The lowest BCUT2D eigenvalue weighted by molar-refractivity contribution is -0.127. The molecule has 0 atom stereocenters. The van der Waals surface area contributed by atoms with Crippen molar-refractivity contribution in [2.24, 2.45) is 10.8 Å². The van der Waals surface area contributed by atoms with E-state index in [1.165, 1.54) is 32.2 Å². The Morgan fingerprint density at radius 2 is 1.93 bits per heavy atom. The van der Waals surface area contributed by atoms with Gasteiger partial charge in [0, 0.05) is 12.0 Å². The Labute approximate surface area is 93.0 Å². The zero-order valence-electron chi connectivity index (χ0n) is 10.3. The molecule has 0 aromatic heterocycles. The van der Waals surface area contributed by atoms with Gasteiger partial charge in [-0.3, -0.25) is 9.69 Å². The second-order valence-corrected chi connectivity index (χ2v) is 6.49. The SMILES string of the molecule is CC(C)(C)C(=O)CN1CCC2(CCC2)C1. The monoisotopic (exact) mass is 209 g/mol. The molecule has 1 aliphatic carbocycles. The quantitative estimate of drug-likeness (QED) is 0.696. The lowest BCUT2D eigenvalue weighted by Crippen LogP contribution is -2.38. The number of Topliss-reactive ketones (excluding diaryl/α,β-unsaturated/α-hetero) is 1. The molecule has 2 rings (SSSR count). The molecule has 0 unspecified atom stereocenters. The van der Waals surface area contributed by atoms with E-state index in [0.717, 1.165) is 6.54 Å². The smallest absolute Gasteiger partial charge is 0.152 e. The summed E-state index contributed by atoms with van der Waals surface area (Å²) in [5, 5.41) is 0. The van der Waals surface area contributed by atoms with Gasteiger partial charge >= 0.3 is 0 Å². The van der Waals surface area contributed by atoms with Gasteiger partial charge in [-0.1, -0.05) is 27.2 Å². The third-order valence-corrected chi connectivity index (χ3v) is 4.14. The number of likely N-dealkylation sites (tertiary alicyclic amines) is 1. The van der Waals surface area contributed by atoms with Crippen LogP contribution in [0.25, 0.3) is 0 Å². The molecule has 1 saturated carbocycles. The van der Waals surface area contributed by atoms with Crippen LogP contribution in [-0.4, -0.2) is 30.3 Å². The number of nitrogens with zero attached hydrogens (tertiary/aromatic N) is 1. The molecule has 0 aromatic carbocycles. The first-order valence-electron chi connectivity index (χ1n) is 6.17. The van der Waals surface area contributed by atoms with Crippen LogP contribution in [0.4, 0.5) is 0 Å². The van der Waals surface area contributed by atoms with Crippen molar-refractivity contribution in [3.8, 4) is 0 Å². The van der Waals surface area contributed by atoms with Gasteiger partial charge < -0.3 is 0 Å². The Morgan fingerprint density at radius 1 is 1.27 bits per heavy atom. The summed E-state index contributed by atoms with van der Waals surface area (Å²) in [6.45, 7) is 9.04. The standard InChI is InChI=1S/C13H23NO/c1-12(2,3)11(15)9-14-8-7-13(10-14)5-4-6-13/h4-10H2,1-3H3. The van der Waals surface area contributed by atoms with Crippen LogP contribution in [0.15, 0.2) is 0 Å². The lowest BCUT2D eigenvalue weighted by atomic mass is 9.68. The van der Waals surface area contributed by atoms with Gasteiger partial charge in [-0.2, -0.15) is 0 Å². The third-order valence-electron chi connectivity index (χ3n) is 4.14. The number of carbonyl (C=O) groups excluding carboxylic acids is 1. The van der Waals surface area contributed by atoms with E-state index < -0.39 is 0 Å². The van der Waals surface area contributed by atoms with Crippen LogP contribution in [-0.2, 0) is 4.79 Å². The molecular weight excluding hydrogens is 186 g/mol. The summed E-state index contributed by atoms with van der Waals surface area (Å²) in [4.78, 5) is 14.3. The molecule has 1 saturated heterocycles. The Kier molecular flexibility index (Phi) is 2.66. The van der Waals surface area contributed by atoms with E-state index in [4.69, 9.17) is 0 Å². The molecule has 2 nitrogen and oxygen atoms in total. The molecule has 0 aromatic rings. The molecule has 1 heterocycles. The van der Waals surface area contributed by atoms with Crippen molar-refractivity contribution in [1.29, 1.82) is 0 Å². The van der Waals surface area contributed by atoms with Gasteiger partial charge in [-0.05, 0) is 31.2 Å². The largest absolute Gasteiger partial charge is 0.298 e. The highest BCUT2D eigenvalue weighted by Crippen LogP contribution is 2.47. The Balaban J connectivity index is 1.85. The molecule has 0 N–H and O–H groups in total. The van der Waals surface area contributed by atoms with Gasteiger partial charge in [0.1, 0.15) is 0 Å². The minimum absolute atomic E-state index is 0.171. The van der Waals surface area contributed by atoms with Crippen molar-refractivity contribution in [3.05, 3.63) is 0 Å². The summed E-state index contributed by atoms with van der Waals surface area (Å²) >= 11 is 0. The Morgan fingerprint density at radius 3 is 2.33 bits per heavy atom. The summed E-state index contributed by atoms with van der Waals surface area (Å²) in [6.07, 6.45) is 5.52. The van der Waals surface area contributed by atoms with Crippen LogP contribution in [0.2, 0.25) is 0 Å². The van der Waals surface area contributed by atoms with Crippen LogP contribution in [0.3, 0.4) is 0 Å². The van der Waals surface area contributed by atoms with E-state index in [-0.39, 0.29) is 5.41 Å². The second kappa shape index (κ2) is 3.58. The van der Waals surface area contributed by atoms with E-state index in [1.807, 2.05) is 20.8 Å². The van der Waals surface area contributed by atoms with Gasteiger partial charge in [-0.25, -0.2) is 0 Å². The van der Waals surface area contributed by atoms with Crippen molar-refractivity contribution in [2.45, 2.75) is 46.5 Å². The fraction of sp³-hybridized carbons (Fsp3) is 0.923. The van der Waals surface area contributed by atoms with Crippen LogP contribution in [0.1, 0.15) is 46.5 Å². The first-order valence-corrected chi connectivity index (χ1v) is 6.17. The van der Waals surface area contributed by atoms with Crippen LogP contribution in [0.5, 0.6) is 0 Å². The number of carbonyl (C=O) groups is 1. The normalized spacial score (nSPS) is 25.5. The fourth-order valence-electron chi connectivity index (χ4n) is 2.69. The molecule has 0 radical (unpaired) electrons. The number of rotatable bonds is 2. The molecule has 15 heavy (non-hydrogen) atoms. The summed E-state index contributed by atoms with van der Waals surface area (Å²) in [7, 11) is 0. The van der Waals surface area contributed by atoms with Crippen molar-refractivity contribution in [2.75, 3.05) is 19.6 Å². The predicted octanol–water partition coefficient (Wildman–Crippen LogP) is 2.48. The van der Waals surface area contributed by atoms with Gasteiger partial charge in [-0.15, -0.1) is 0 Å². The molecular formula is C13H23NO. The van der Waals surface area contributed by atoms with Crippen molar-refractivity contribution in [1.82, 2.24) is 4.90 Å². The number of hydrogen-bond donors (Lipinski definition) is 0. The highest BCUT2D eigenvalue weighted by atomic mass is 16.1. The fourth-order valence-corrected chi connectivity index (χ4v) is 2.69. The molecule has 2 aliphatic rings. The summed E-state index contributed by atoms with van der Waals surface area (Å²) in [5.74, 6) is 0.388. The maximum Gasteiger partial charge on any atom is 0.152 e. The number of hydrogen-bond acceptors (Lipinski definition) is 2. The van der Waals surface area contributed by atoms with E-state index in [0.29, 0.717) is 17.7 Å². The molecule has 86 valence electrons. The summed E-state index contributed by atoms with van der Waals surface area (Å²) < 4.78 is 0. The first kappa shape index (κ1) is 11.1. The maximum absolute atomic E-state index is 11.9. The van der Waals surface area contributed by atoms with E-state index >= 15 is 0 Å². The molecule has 1 spiro atoms. The van der Waals surface area contributed by atoms with Gasteiger partial charge in [0.15, 0.2) is 5.78 Å². The predicted molar refractivity (Wildman–Crippen MR) is 61.8 cm³/mol. The summed E-state index contributed by atoms with van der Waals surface area (Å²) in [6, 6.07) is 0. The second-order valence-electron chi connectivity index (χ2n) is 6.49. The van der Waals surface area contributed by atoms with Crippen molar-refractivity contribution in [3.63, 3.8) is 0 Å². The Hall–Kier alpha value is -0.370. The van der Waals surface area contributed by atoms with Gasteiger partial charge in [0.05, 0.1) is 6.54 Å². The van der Waals surface area contributed by atoms with Crippen molar-refractivity contribution >= 4 is 5.78 Å². The molecule has 1 aliphatic heterocycles. The van der Waals surface area contributed by atoms with Crippen LogP contribution < -0.4 is 0 Å². The molecule has 2 fully saturated rings. The van der Waals surface area contributed by atoms with Crippen LogP contribution in [0, 0.1) is 10.8 Å². The maximum atomic E-state index is 11.9. The van der Waals surface area contributed by atoms with Crippen LogP contribution >= 0.6 is 0 Å². The minimum atomic E-state index is -0.171. The average Bonchev–Trinajstić information content (AvgIpc) is 2.46. The Bertz CT molecular complexity index is 260. The highest BCUT2D eigenvalue weighted by molar-refractivity contribution is 5.85. The van der Waals surface area contributed by atoms with E-state index in [9.17, 15) is 4.79 Å². The molecule has 0 amide bonds. The van der Waals surface area contributed by atoms with Crippen molar-refractivity contribution < 1.29 is 4.79 Å². The number of ketones is 1. The first-order chi connectivity index (χ1) is 6.91. The highest BCUT2D eigenvalue weighted by Gasteiger charge is 2.43. The lowest BCUT2D eigenvalue weighted by Gasteiger charge is -2.38. The van der Waals surface area contributed by atoms with Gasteiger partial charge in [0.25, 0.3) is 0 Å². The third kappa shape index (κ3) is 2.25. The van der Waals surface area contributed by atoms with E-state index in [1.54, 1.807) is 0 Å². The van der Waals surface area contributed by atoms with Gasteiger partial charge in [0.2, 0.25) is 0 Å². The zero-order chi connectivity index (χ0) is 11.1. The molecule has 2 heteroatoms. The topological polar surface area (TPSA) is 20.3 Å². The average molecular weight is 209 g/mol. The van der Waals surface area contributed by atoms with E-state index in [2.05, 4.69) is 4.90 Å². The molecule has 0 bridgehead atoms.